The Morgan fingerprint density at radius 3 is 2.43 bits per heavy atom. The fourth-order valence-corrected chi connectivity index (χ4v) is 2.18. The second kappa shape index (κ2) is 6.91. The predicted octanol–water partition coefficient (Wildman–Crippen LogP) is 4.72. The molecule has 0 aliphatic heterocycles. The Bertz CT molecular complexity index is 717. The molecule has 0 unspecified atom stereocenters. The molecule has 0 radical (unpaired) electrons. The number of hydrogen-bond donors (Lipinski definition) is 2. The maximum Gasteiger partial charge on any atom is 0.418 e. The van der Waals surface area contributed by atoms with Gasteiger partial charge < -0.3 is 10.6 Å². The van der Waals surface area contributed by atoms with Gasteiger partial charge in [-0.15, -0.1) is 0 Å². The molecule has 3 nitrogen and oxygen atoms in total. The summed E-state index contributed by atoms with van der Waals surface area (Å²) in [7, 11) is 0. The number of halogens is 4. The van der Waals surface area contributed by atoms with Gasteiger partial charge in [-0.3, -0.25) is 4.79 Å². The molecule has 0 spiro atoms. The number of alkyl halides is 3. The monoisotopic (exact) mass is 342 g/mol. The Kier molecular flexibility index (Phi) is 5.15. The van der Waals surface area contributed by atoms with Crippen molar-refractivity contribution in [2.45, 2.75) is 13.1 Å². The lowest BCUT2D eigenvalue weighted by Crippen LogP contribution is -2.23. The summed E-state index contributed by atoms with van der Waals surface area (Å²) in [6, 6.07) is 10.00. The summed E-state index contributed by atoms with van der Waals surface area (Å²) in [6.45, 7) is 1.61. The number of carbonyl (C=O) groups excluding carboxylic acids is 1. The maximum absolute atomic E-state index is 12.9. The van der Waals surface area contributed by atoms with Crippen LogP contribution in [-0.4, -0.2) is 12.5 Å². The van der Waals surface area contributed by atoms with Crippen LogP contribution in [0.3, 0.4) is 0 Å². The first-order chi connectivity index (χ1) is 10.8. The molecule has 2 N–H and O–H groups in total. The zero-order chi connectivity index (χ0) is 17.0. The van der Waals surface area contributed by atoms with Gasteiger partial charge in [-0.25, -0.2) is 0 Å². The third-order valence-electron chi connectivity index (χ3n) is 3.21. The average Bonchev–Trinajstić information content (AvgIpc) is 2.48. The maximum atomic E-state index is 12.9. The Morgan fingerprint density at radius 2 is 1.74 bits per heavy atom. The van der Waals surface area contributed by atoms with Gasteiger partial charge in [-0.05, 0) is 36.8 Å². The molecular weight excluding hydrogens is 329 g/mol. The molecule has 7 heteroatoms. The fraction of sp³-hybridized carbons (Fsp3) is 0.188. The highest BCUT2D eigenvalue weighted by Crippen LogP contribution is 2.34. The molecule has 2 rings (SSSR count). The molecule has 0 saturated carbocycles. The van der Waals surface area contributed by atoms with Gasteiger partial charge in [-0.2, -0.15) is 13.2 Å². The van der Waals surface area contributed by atoms with Crippen molar-refractivity contribution in [3.63, 3.8) is 0 Å². The first kappa shape index (κ1) is 17.1. The molecule has 0 atom stereocenters. The number of anilines is 2. The number of nitrogens with one attached hydrogen (secondary N) is 2. The van der Waals surface area contributed by atoms with Gasteiger partial charge in [0.1, 0.15) is 0 Å². The summed E-state index contributed by atoms with van der Waals surface area (Å²) in [6.07, 6.45) is -4.53. The molecule has 0 aliphatic carbocycles. The zero-order valence-electron chi connectivity index (χ0n) is 12.2. The number of amides is 1. The largest absolute Gasteiger partial charge is 0.418 e. The van der Waals surface area contributed by atoms with E-state index in [4.69, 9.17) is 11.6 Å². The minimum absolute atomic E-state index is 0.173. The van der Waals surface area contributed by atoms with Crippen LogP contribution in [0, 0.1) is 6.92 Å². The number of benzene rings is 2. The highest BCUT2D eigenvalue weighted by molar-refractivity contribution is 6.31. The van der Waals surface area contributed by atoms with Gasteiger partial charge in [0.05, 0.1) is 17.8 Å². The van der Waals surface area contributed by atoms with Crippen molar-refractivity contribution in [1.82, 2.24) is 0 Å². The number of para-hydroxylation sites is 1. The van der Waals surface area contributed by atoms with E-state index in [1.54, 1.807) is 25.1 Å². The van der Waals surface area contributed by atoms with Crippen molar-refractivity contribution >= 4 is 28.9 Å². The van der Waals surface area contributed by atoms with Crippen molar-refractivity contribution in [2.24, 2.45) is 0 Å². The van der Waals surface area contributed by atoms with E-state index in [1.165, 1.54) is 18.2 Å². The number of carbonyl (C=O) groups is 1. The van der Waals surface area contributed by atoms with Crippen molar-refractivity contribution in [3.8, 4) is 0 Å². The first-order valence-electron chi connectivity index (χ1n) is 6.74. The van der Waals surface area contributed by atoms with Crippen molar-refractivity contribution < 1.29 is 18.0 Å². The zero-order valence-corrected chi connectivity index (χ0v) is 12.9. The molecule has 2 aromatic carbocycles. The second-order valence-corrected chi connectivity index (χ2v) is 5.26. The molecule has 0 heterocycles. The van der Waals surface area contributed by atoms with Crippen LogP contribution in [0.5, 0.6) is 0 Å². The van der Waals surface area contributed by atoms with E-state index in [0.717, 1.165) is 11.6 Å². The van der Waals surface area contributed by atoms with E-state index in [9.17, 15) is 18.0 Å². The topological polar surface area (TPSA) is 41.1 Å². The Hall–Kier alpha value is -2.21. The van der Waals surface area contributed by atoms with Crippen LogP contribution in [-0.2, 0) is 11.0 Å². The lowest BCUT2D eigenvalue weighted by atomic mass is 10.1. The minimum atomic E-state index is -4.53. The van der Waals surface area contributed by atoms with Gasteiger partial charge >= 0.3 is 6.18 Å². The van der Waals surface area contributed by atoms with Crippen LogP contribution in [0.15, 0.2) is 42.5 Å². The molecule has 2 aromatic rings. The molecule has 23 heavy (non-hydrogen) atoms. The summed E-state index contributed by atoms with van der Waals surface area (Å²) < 4.78 is 38.6. The van der Waals surface area contributed by atoms with E-state index >= 15 is 0 Å². The van der Waals surface area contributed by atoms with Crippen molar-refractivity contribution in [1.29, 1.82) is 0 Å². The van der Waals surface area contributed by atoms with Gasteiger partial charge in [0.15, 0.2) is 0 Å². The lowest BCUT2D eigenvalue weighted by molar-refractivity contribution is -0.137. The highest BCUT2D eigenvalue weighted by Gasteiger charge is 2.33. The summed E-state index contributed by atoms with van der Waals surface area (Å²) in [4.78, 5) is 11.9. The average molecular weight is 343 g/mol. The molecule has 0 aliphatic rings. The van der Waals surface area contributed by atoms with E-state index in [-0.39, 0.29) is 12.2 Å². The number of rotatable bonds is 4. The number of hydrogen-bond acceptors (Lipinski definition) is 2. The highest BCUT2D eigenvalue weighted by atomic mass is 35.5. The van der Waals surface area contributed by atoms with Gasteiger partial charge in [0, 0.05) is 10.7 Å². The van der Waals surface area contributed by atoms with Crippen LogP contribution < -0.4 is 10.6 Å². The van der Waals surface area contributed by atoms with Gasteiger partial charge in [0.25, 0.3) is 0 Å². The first-order valence-corrected chi connectivity index (χ1v) is 7.12. The molecule has 122 valence electrons. The molecule has 0 aromatic heterocycles. The summed E-state index contributed by atoms with van der Waals surface area (Å²) in [5.41, 5.74) is 0.260. The van der Waals surface area contributed by atoms with Crippen LogP contribution in [0.1, 0.15) is 11.1 Å². The molecule has 0 fully saturated rings. The Morgan fingerprint density at radius 1 is 1.09 bits per heavy atom. The lowest BCUT2D eigenvalue weighted by Gasteiger charge is -2.14. The van der Waals surface area contributed by atoms with Gasteiger partial charge in [0.2, 0.25) is 5.91 Å². The minimum Gasteiger partial charge on any atom is -0.376 e. The van der Waals surface area contributed by atoms with E-state index in [2.05, 4.69) is 10.6 Å². The fourth-order valence-electron chi connectivity index (χ4n) is 2.01. The summed E-state index contributed by atoms with van der Waals surface area (Å²) in [5.74, 6) is -0.582. The van der Waals surface area contributed by atoms with Crippen LogP contribution in [0.25, 0.3) is 0 Å². The molecular formula is C16H14ClF3N2O. The third-order valence-corrected chi connectivity index (χ3v) is 3.62. The quantitative estimate of drug-likeness (QED) is 0.844. The molecule has 1 amide bonds. The Balaban J connectivity index is 2.05. The van der Waals surface area contributed by atoms with Gasteiger partial charge in [-0.1, -0.05) is 29.8 Å². The Labute approximate surface area is 136 Å². The smallest absolute Gasteiger partial charge is 0.376 e. The van der Waals surface area contributed by atoms with E-state index in [0.29, 0.717) is 10.7 Å². The van der Waals surface area contributed by atoms with Crippen LogP contribution in [0.2, 0.25) is 5.02 Å². The van der Waals surface area contributed by atoms with Crippen LogP contribution >= 0.6 is 11.6 Å². The van der Waals surface area contributed by atoms with Crippen molar-refractivity contribution in [3.05, 3.63) is 58.6 Å². The predicted molar refractivity (Wildman–Crippen MR) is 84.8 cm³/mol. The van der Waals surface area contributed by atoms with Crippen LogP contribution in [0.4, 0.5) is 24.5 Å². The second-order valence-electron chi connectivity index (χ2n) is 4.86. The summed E-state index contributed by atoms with van der Waals surface area (Å²) in [5, 5.41) is 5.66. The standard InChI is InChI=1S/C16H14ClF3N2O/c1-10-12(17)6-4-8-13(10)21-9-15(23)22-14-7-3-2-5-11(14)16(18,19)20/h2-8,21H,9H2,1H3,(H,22,23). The molecule has 0 saturated heterocycles. The van der Waals surface area contributed by atoms with E-state index in [1.807, 2.05) is 0 Å². The third kappa shape index (κ3) is 4.39. The van der Waals surface area contributed by atoms with Crippen molar-refractivity contribution in [2.75, 3.05) is 17.2 Å². The van der Waals surface area contributed by atoms with E-state index < -0.39 is 17.6 Å². The summed E-state index contributed by atoms with van der Waals surface area (Å²) >= 11 is 5.96. The normalized spacial score (nSPS) is 11.2. The molecule has 0 bridgehead atoms. The SMILES string of the molecule is Cc1c(Cl)cccc1NCC(=O)Nc1ccccc1C(F)(F)F.